The van der Waals surface area contributed by atoms with Gasteiger partial charge in [-0.2, -0.15) is 10.4 Å². The van der Waals surface area contributed by atoms with Crippen LogP contribution < -0.4 is 5.32 Å². The number of nitriles is 1. The van der Waals surface area contributed by atoms with Crippen LogP contribution in [0.25, 0.3) is 0 Å². The van der Waals surface area contributed by atoms with Gasteiger partial charge in [0.1, 0.15) is 11.6 Å². The Morgan fingerprint density at radius 1 is 1.38 bits per heavy atom. The number of rotatable bonds is 4. The number of hydrogen-bond donors (Lipinski definition) is 1. The molecule has 1 aromatic rings. The van der Waals surface area contributed by atoms with Gasteiger partial charge >= 0.3 is 0 Å². The van der Waals surface area contributed by atoms with E-state index in [4.69, 9.17) is 4.74 Å². The number of aryl methyl sites for hydroxylation is 1. The van der Waals surface area contributed by atoms with Crippen molar-refractivity contribution < 1.29 is 9.53 Å². The summed E-state index contributed by atoms with van der Waals surface area (Å²) >= 11 is 0. The SMILES string of the molecule is Cc1nnc(NCCC(=O)N2CCOCC2)c(C#N)c1C. The minimum absolute atomic E-state index is 0.0844. The highest BCUT2D eigenvalue weighted by molar-refractivity contribution is 5.76. The molecule has 1 amide bonds. The molecule has 0 spiro atoms. The van der Waals surface area contributed by atoms with Gasteiger partial charge < -0.3 is 15.0 Å². The molecule has 112 valence electrons. The molecule has 2 heterocycles. The molecule has 0 unspecified atom stereocenters. The molecule has 2 rings (SSSR count). The summed E-state index contributed by atoms with van der Waals surface area (Å²) in [5, 5.41) is 20.2. The van der Waals surface area contributed by atoms with Crippen LogP contribution in [0.3, 0.4) is 0 Å². The molecule has 1 aliphatic rings. The van der Waals surface area contributed by atoms with Gasteiger partial charge in [-0.3, -0.25) is 4.79 Å². The highest BCUT2D eigenvalue weighted by Gasteiger charge is 2.17. The lowest BCUT2D eigenvalue weighted by Gasteiger charge is -2.26. The molecule has 0 radical (unpaired) electrons. The fourth-order valence-corrected chi connectivity index (χ4v) is 2.13. The van der Waals surface area contributed by atoms with Crippen LogP contribution in [0.1, 0.15) is 23.2 Å². The number of carbonyl (C=O) groups is 1. The number of amides is 1. The van der Waals surface area contributed by atoms with Crippen molar-refractivity contribution in [3.05, 3.63) is 16.8 Å². The lowest BCUT2D eigenvalue weighted by Crippen LogP contribution is -2.41. The van der Waals surface area contributed by atoms with Crippen LogP contribution >= 0.6 is 0 Å². The van der Waals surface area contributed by atoms with Crippen LogP contribution in [-0.4, -0.2) is 53.9 Å². The minimum atomic E-state index is 0.0844. The Labute approximate surface area is 123 Å². The number of hydrogen-bond acceptors (Lipinski definition) is 6. The quantitative estimate of drug-likeness (QED) is 0.874. The molecule has 1 fully saturated rings. The zero-order valence-corrected chi connectivity index (χ0v) is 12.3. The molecule has 7 nitrogen and oxygen atoms in total. The molecule has 1 saturated heterocycles. The summed E-state index contributed by atoms with van der Waals surface area (Å²) in [6.07, 6.45) is 0.361. The number of nitrogens with one attached hydrogen (secondary N) is 1. The van der Waals surface area contributed by atoms with Crippen molar-refractivity contribution in [3.8, 4) is 6.07 Å². The molecule has 0 aliphatic carbocycles. The third-order valence-electron chi connectivity index (χ3n) is 3.56. The van der Waals surface area contributed by atoms with Gasteiger partial charge in [-0.05, 0) is 19.4 Å². The van der Waals surface area contributed by atoms with Gasteiger partial charge in [0.15, 0.2) is 5.82 Å². The lowest BCUT2D eigenvalue weighted by molar-refractivity contribution is -0.134. The topological polar surface area (TPSA) is 91.1 Å². The second-order valence-corrected chi connectivity index (χ2v) is 4.92. The molecular weight excluding hydrogens is 270 g/mol. The molecule has 0 aromatic carbocycles. The van der Waals surface area contributed by atoms with E-state index in [1.807, 2.05) is 13.8 Å². The molecule has 1 aliphatic heterocycles. The largest absolute Gasteiger partial charge is 0.378 e. The Morgan fingerprint density at radius 2 is 2.10 bits per heavy atom. The summed E-state index contributed by atoms with van der Waals surface area (Å²) in [5.41, 5.74) is 2.04. The first kappa shape index (κ1) is 15.2. The van der Waals surface area contributed by atoms with Crippen molar-refractivity contribution in [3.63, 3.8) is 0 Å². The second kappa shape index (κ2) is 6.99. The fraction of sp³-hybridized carbons (Fsp3) is 0.571. The van der Waals surface area contributed by atoms with Gasteiger partial charge in [0.05, 0.1) is 18.9 Å². The summed E-state index contributed by atoms with van der Waals surface area (Å²) in [6, 6.07) is 2.13. The Morgan fingerprint density at radius 3 is 2.76 bits per heavy atom. The van der Waals surface area contributed by atoms with E-state index in [1.54, 1.807) is 4.90 Å². The van der Waals surface area contributed by atoms with Crippen molar-refractivity contribution in [2.75, 3.05) is 38.2 Å². The van der Waals surface area contributed by atoms with Gasteiger partial charge in [-0.25, -0.2) is 0 Å². The monoisotopic (exact) mass is 289 g/mol. The number of ether oxygens (including phenoxy) is 1. The van der Waals surface area contributed by atoms with E-state index in [0.717, 1.165) is 11.3 Å². The summed E-state index contributed by atoms with van der Waals surface area (Å²) in [7, 11) is 0. The number of aromatic nitrogens is 2. The number of carbonyl (C=O) groups excluding carboxylic acids is 1. The first-order chi connectivity index (χ1) is 10.1. The van der Waals surface area contributed by atoms with Crippen LogP contribution in [0.2, 0.25) is 0 Å². The maximum absolute atomic E-state index is 12.0. The fourth-order valence-electron chi connectivity index (χ4n) is 2.13. The second-order valence-electron chi connectivity index (χ2n) is 4.92. The van der Waals surface area contributed by atoms with Gasteiger partial charge in [-0.15, -0.1) is 5.10 Å². The summed E-state index contributed by atoms with van der Waals surface area (Å²) < 4.78 is 5.21. The van der Waals surface area contributed by atoms with Crippen LogP contribution in [-0.2, 0) is 9.53 Å². The van der Waals surface area contributed by atoms with E-state index in [1.165, 1.54) is 0 Å². The highest BCUT2D eigenvalue weighted by Crippen LogP contribution is 2.16. The predicted molar refractivity (Wildman–Crippen MR) is 76.7 cm³/mol. The summed E-state index contributed by atoms with van der Waals surface area (Å²) in [5.74, 6) is 0.525. The summed E-state index contributed by atoms with van der Waals surface area (Å²) in [6.45, 7) is 6.57. The molecule has 21 heavy (non-hydrogen) atoms. The Balaban J connectivity index is 1.90. The van der Waals surface area contributed by atoms with E-state index >= 15 is 0 Å². The summed E-state index contributed by atoms with van der Waals surface area (Å²) in [4.78, 5) is 13.8. The number of nitrogens with zero attached hydrogens (tertiary/aromatic N) is 4. The smallest absolute Gasteiger partial charge is 0.224 e. The average molecular weight is 289 g/mol. The van der Waals surface area contributed by atoms with Crippen molar-refractivity contribution in [1.29, 1.82) is 5.26 Å². The molecular formula is C14H19N5O2. The molecule has 1 aromatic heterocycles. The maximum atomic E-state index is 12.0. The van der Waals surface area contributed by atoms with Gasteiger partial charge in [0.25, 0.3) is 0 Å². The van der Waals surface area contributed by atoms with E-state index < -0.39 is 0 Å². The first-order valence-corrected chi connectivity index (χ1v) is 6.97. The highest BCUT2D eigenvalue weighted by atomic mass is 16.5. The zero-order chi connectivity index (χ0) is 15.2. The van der Waals surface area contributed by atoms with E-state index in [-0.39, 0.29) is 5.91 Å². The van der Waals surface area contributed by atoms with Gasteiger partial charge in [0, 0.05) is 26.1 Å². The predicted octanol–water partition coefficient (Wildman–Crippen LogP) is 0.626. The van der Waals surface area contributed by atoms with Crippen LogP contribution in [0.15, 0.2) is 0 Å². The molecule has 0 atom stereocenters. The van der Waals surface area contributed by atoms with Crippen molar-refractivity contribution >= 4 is 11.7 Å². The van der Waals surface area contributed by atoms with E-state index in [9.17, 15) is 10.1 Å². The lowest BCUT2D eigenvalue weighted by atomic mass is 10.1. The Kier molecular flexibility index (Phi) is 5.06. The van der Waals surface area contributed by atoms with E-state index in [2.05, 4.69) is 21.6 Å². The Hall–Kier alpha value is -2.20. The molecule has 7 heteroatoms. The molecule has 0 saturated carbocycles. The average Bonchev–Trinajstić information content (AvgIpc) is 2.51. The van der Waals surface area contributed by atoms with Crippen molar-refractivity contribution in [2.24, 2.45) is 0 Å². The standard InChI is InChI=1S/C14H19N5O2/c1-10-11(2)17-18-14(12(10)9-15)16-4-3-13(20)19-5-7-21-8-6-19/h3-8H2,1-2H3,(H,16,18). The van der Waals surface area contributed by atoms with Crippen molar-refractivity contribution in [1.82, 2.24) is 15.1 Å². The first-order valence-electron chi connectivity index (χ1n) is 6.97. The van der Waals surface area contributed by atoms with Gasteiger partial charge in [0.2, 0.25) is 5.91 Å². The zero-order valence-electron chi connectivity index (χ0n) is 12.3. The Bertz CT molecular complexity index is 561. The maximum Gasteiger partial charge on any atom is 0.224 e. The van der Waals surface area contributed by atoms with Crippen molar-refractivity contribution in [2.45, 2.75) is 20.3 Å². The number of anilines is 1. The minimum Gasteiger partial charge on any atom is -0.378 e. The normalized spacial score (nSPS) is 14.6. The van der Waals surface area contributed by atoms with Gasteiger partial charge in [-0.1, -0.05) is 0 Å². The molecule has 0 bridgehead atoms. The van der Waals surface area contributed by atoms with Crippen LogP contribution in [0.4, 0.5) is 5.82 Å². The van der Waals surface area contributed by atoms with Crippen LogP contribution in [0.5, 0.6) is 0 Å². The van der Waals surface area contributed by atoms with E-state index in [0.29, 0.717) is 50.7 Å². The van der Waals surface area contributed by atoms with Crippen LogP contribution in [0, 0.1) is 25.2 Å². The third-order valence-corrected chi connectivity index (χ3v) is 3.56. The molecule has 1 N–H and O–H groups in total. The third kappa shape index (κ3) is 3.67. The number of morpholine rings is 1.